The molecule has 2 atom stereocenters. The van der Waals surface area contributed by atoms with E-state index < -0.39 is 5.97 Å². The molecule has 0 spiro atoms. The van der Waals surface area contributed by atoms with Gasteiger partial charge in [0.2, 0.25) is 0 Å². The molecule has 2 aliphatic rings. The number of fused-ring (bicyclic) bond motifs is 1. The number of benzene rings is 1. The van der Waals surface area contributed by atoms with Gasteiger partial charge in [0.15, 0.2) is 11.5 Å². The van der Waals surface area contributed by atoms with Gasteiger partial charge in [0, 0.05) is 10.1 Å². The van der Waals surface area contributed by atoms with Gasteiger partial charge in [0.25, 0.3) is 0 Å². The summed E-state index contributed by atoms with van der Waals surface area (Å²) >= 11 is 1.64. The molecule has 1 aromatic rings. The second kappa shape index (κ2) is 5.33. The summed E-state index contributed by atoms with van der Waals surface area (Å²) in [6.45, 7) is 1.16. The summed E-state index contributed by atoms with van der Waals surface area (Å²) in [5.74, 6) is 0.642. The summed E-state index contributed by atoms with van der Waals surface area (Å²) in [4.78, 5) is 12.2. The number of carbonyl (C=O) groups is 1. The highest BCUT2D eigenvalue weighted by atomic mass is 32.2. The molecule has 1 fully saturated rings. The second-order valence-corrected chi connectivity index (χ2v) is 6.15. The first-order valence-electron chi connectivity index (χ1n) is 6.53. The van der Waals surface area contributed by atoms with Gasteiger partial charge in [-0.3, -0.25) is 4.79 Å². The molecule has 1 N–H and O–H groups in total. The first-order valence-corrected chi connectivity index (χ1v) is 7.41. The van der Waals surface area contributed by atoms with Gasteiger partial charge < -0.3 is 14.6 Å². The van der Waals surface area contributed by atoms with Gasteiger partial charge in [-0.15, -0.1) is 11.8 Å². The average Bonchev–Trinajstić information content (AvgIpc) is 2.87. The Morgan fingerprint density at radius 3 is 2.79 bits per heavy atom. The van der Waals surface area contributed by atoms with Crippen LogP contribution in [0.3, 0.4) is 0 Å². The molecule has 0 amide bonds. The minimum atomic E-state index is -0.674. The van der Waals surface area contributed by atoms with E-state index in [0.29, 0.717) is 13.2 Å². The Balaban J connectivity index is 1.74. The molecule has 1 heterocycles. The molecule has 1 saturated carbocycles. The van der Waals surface area contributed by atoms with Crippen molar-refractivity contribution in [3.05, 3.63) is 18.2 Å². The fourth-order valence-corrected chi connectivity index (χ4v) is 3.99. The summed E-state index contributed by atoms with van der Waals surface area (Å²) in [5.41, 5.74) is 0. The molecule has 4 nitrogen and oxygen atoms in total. The lowest BCUT2D eigenvalue weighted by molar-refractivity contribution is -0.141. The summed E-state index contributed by atoms with van der Waals surface area (Å²) < 4.78 is 11.0. The summed E-state index contributed by atoms with van der Waals surface area (Å²) in [7, 11) is 0. The predicted octanol–water partition coefficient (Wildman–Crippen LogP) is 2.80. The highest BCUT2D eigenvalue weighted by Gasteiger charge is 2.33. The molecule has 3 rings (SSSR count). The van der Waals surface area contributed by atoms with Gasteiger partial charge in [-0.05, 0) is 31.0 Å². The van der Waals surface area contributed by atoms with Crippen molar-refractivity contribution >= 4 is 17.7 Å². The molecular weight excluding hydrogens is 264 g/mol. The maximum Gasteiger partial charge on any atom is 0.307 e. The number of rotatable bonds is 3. The molecule has 19 heavy (non-hydrogen) atoms. The third kappa shape index (κ3) is 2.66. The minimum Gasteiger partial charge on any atom is -0.486 e. The molecule has 1 aliphatic heterocycles. The summed E-state index contributed by atoms with van der Waals surface area (Å²) in [6.07, 6.45) is 2.76. The summed E-state index contributed by atoms with van der Waals surface area (Å²) in [6, 6.07) is 5.84. The monoisotopic (exact) mass is 280 g/mol. The Morgan fingerprint density at radius 1 is 1.21 bits per heavy atom. The number of carboxylic acid groups (broad SMARTS) is 1. The number of thioether (sulfide) groups is 1. The van der Waals surface area contributed by atoms with E-state index in [1.165, 1.54) is 0 Å². The quantitative estimate of drug-likeness (QED) is 0.922. The van der Waals surface area contributed by atoms with E-state index in [4.69, 9.17) is 9.47 Å². The average molecular weight is 280 g/mol. The van der Waals surface area contributed by atoms with Crippen molar-refractivity contribution in [1.29, 1.82) is 0 Å². The van der Waals surface area contributed by atoms with Crippen molar-refractivity contribution < 1.29 is 19.4 Å². The van der Waals surface area contributed by atoms with E-state index in [-0.39, 0.29) is 11.2 Å². The van der Waals surface area contributed by atoms with Crippen LogP contribution < -0.4 is 9.47 Å². The molecule has 0 aromatic heterocycles. The zero-order valence-corrected chi connectivity index (χ0v) is 11.3. The Morgan fingerprint density at radius 2 is 2.00 bits per heavy atom. The SMILES string of the molecule is O=C(O)C1CCCC1Sc1ccc2c(c1)OCCO2. The van der Waals surface area contributed by atoms with Crippen LogP contribution in [0.15, 0.2) is 23.1 Å². The van der Waals surface area contributed by atoms with E-state index in [9.17, 15) is 9.90 Å². The highest BCUT2D eigenvalue weighted by molar-refractivity contribution is 8.00. The van der Waals surface area contributed by atoms with E-state index in [1.807, 2.05) is 18.2 Å². The number of hydrogen-bond donors (Lipinski definition) is 1. The van der Waals surface area contributed by atoms with Crippen molar-refractivity contribution in [2.45, 2.75) is 29.4 Å². The van der Waals surface area contributed by atoms with Crippen molar-refractivity contribution in [3.63, 3.8) is 0 Å². The molecule has 5 heteroatoms. The maximum atomic E-state index is 11.2. The molecular formula is C14H16O4S. The summed E-state index contributed by atoms with van der Waals surface area (Å²) in [5, 5.41) is 9.36. The predicted molar refractivity (Wildman–Crippen MR) is 72.1 cm³/mol. The van der Waals surface area contributed by atoms with E-state index in [1.54, 1.807) is 11.8 Å². The Hall–Kier alpha value is -1.36. The third-order valence-corrected chi connectivity index (χ3v) is 4.96. The van der Waals surface area contributed by atoms with E-state index in [0.717, 1.165) is 35.7 Å². The van der Waals surface area contributed by atoms with E-state index >= 15 is 0 Å². The van der Waals surface area contributed by atoms with E-state index in [2.05, 4.69) is 0 Å². The van der Waals surface area contributed by atoms with Crippen LogP contribution in [-0.4, -0.2) is 29.5 Å². The first-order chi connectivity index (χ1) is 9.24. The van der Waals surface area contributed by atoms with Crippen molar-refractivity contribution in [2.75, 3.05) is 13.2 Å². The standard InChI is InChI=1S/C14H16O4S/c15-14(16)10-2-1-3-13(10)19-9-4-5-11-12(8-9)18-7-6-17-11/h4-5,8,10,13H,1-3,6-7H2,(H,15,16). The maximum absolute atomic E-state index is 11.2. The van der Waals surface area contributed by atoms with Gasteiger partial charge in [0.05, 0.1) is 5.92 Å². The largest absolute Gasteiger partial charge is 0.486 e. The Bertz CT molecular complexity index is 488. The Kier molecular flexibility index (Phi) is 3.55. The van der Waals surface area contributed by atoms with Crippen LogP contribution in [-0.2, 0) is 4.79 Å². The zero-order chi connectivity index (χ0) is 13.2. The lowest BCUT2D eigenvalue weighted by Gasteiger charge is -2.20. The number of hydrogen-bond acceptors (Lipinski definition) is 4. The fraction of sp³-hybridized carbons (Fsp3) is 0.500. The molecule has 1 aromatic carbocycles. The molecule has 0 radical (unpaired) electrons. The van der Waals surface area contributed by atoms with Crippen molar-refractivity contribution in [3.8, 4) is 11.5 Å². The molecule has 1 aliphatic carbocycles. The second-order valence-electron chi connectivity index (χ2n) is 4.84. The topological polar surface area (TPSA) is 55.8 Å². The molecule has 0 bridgehead atoms. The van der Waals surface area contributed by atoms with Gasteiger partial charge in [-0.2, -0.15) is 0 Å². The normalized spacial score (nSPS) is 25.3. The van der Waals surface area contributed by atoms with Crippen LogP contribution in [0.4, 0.5) is 0 Å². The van der Waals surface area contributed by atoms with Gasteiger partial charge in [0.1, 0.15) is 13.2 Å². The smallest absolute Gasteiger partial charge is 0.307 e. The van der Waals surface area contributed by atoms with Crippen LogP contribution in [0.25, 0.3) is 0 Å². The molecule has 0 saturated heterocycles. The number of aliphatic carboxylic acids is 1. The highest BCUT2D eigenvalue weighted by Crippen LogP contribution is 2.42. The fourth-order valence-electron chi connectivity index (χ4n) is 2.62. The van der Waals surface area contributed by atoms with Crippen molar-refractivity contribution in [1.82, 2.24) is 0 Å². The number of ether oxygens (including phenoxy) is 2. The van der Waals surface area contributed by atoms with Crippen LogP contribution in [0.1, 0.15) is 19.3 Å². The van der Waals surface area contributed by atoms with Crippen molar-refractivity contribution in [2.24, 2.45) is 5.92 Å². The lowest BCUT2D eigenvalue weighted by atomic mass is 10.1. The van der Waals surface area contributed by atoms with Crippen LogP contribution in [0.2, 0.25) is 0 Å². The van der Waals surface area contributed by atoms with Crippen LogP contribution in [0, 0.1) is 5.92 Å². The third-order valence-electron chi connectivity index (χ3n) is 3.57. The van der Waals surface area contributed by atoms with Crippen LogP contribution in [0.5, 0.6) is 11.5 Å². The Labute approximate surface area is 116 Å². The number of carboxylic acids is 1. The minimum absolute atomic E-state index is 0.167. The first kappa shape index (κ1) is 12.7. The zero-order valence-electron chi connectivity index (χ0n) is 10.5. The van der Waals surface area contributed by atoms with Crippen LogP contribution >= 0.6 is 11.8 Å². The lowest BCUT2D eigenvalue weighted by Crippen LogP contribution is -2.20. The van der Waals surface area contributed by atoms with Gasteiger partial charge in [-0.25, -0.2) is 0 Å². The molecule has 2 unspecified atom stereocenters. The van der Waals surface area contributed by atoms with Gasteiger partial charge in [-0.1, -0.05) is 6.42 Å². The molecule has 102 valence electrons. The van der Waals surface area contributed by atoms with Gasteiger partial charge >= 0.3 is 5.97 Å².